The number of ether oxygens (including phenoxy) is 2. The molecular weight excluding hydrogens is 316 g/mol. The fourth-order valence-corrected chi connectivity index (χ4v) is 2.45. The zero-order valence-electron chi connectivity index (χ0n) is 14.3. The summed E-state index contributed by atoms with van der Waals surface area (Å²) in [5.74, 6) is 0.626. The first-order chi connectivity index (χ1) is 12.2. The lowest BCUT2D eigenvalue weighted by molar-refractivity contribution is -0.135. The summed E-state index contributed by atoms with van der Waals surface area (Å²) in [6.45, 7) is 4.30. The summed E-state index contributed by atoms with van der Waals surface area (Å²) in [6.07, 6.45) is 1.80. The SMILES string of the molecule is CCC(=O)Oc1occc1-c1cccc(OCc2ccccc2C)c1. The van der Waals surface area contributed by atoms with E-state index in [9.17, 15) is 4.79 Å². The number of carbonyl (C=O) groups is 1. The van der Waals surface area contributed by atoms with Crippen molar-refractivity contribution in [3.8, 4) is 22.8 Å². The molecule has 0 spiro atoms. The van der Waals surface area contributed by atoms with Crippen LogP contribution in [-0.2, 0) is 11.4 Å². The Bertz CT molecular complexity index is 864. The number of rotatable bonds is 6. The van der Waals surface area contributed by atoms with E-state index in [1.54, 1.807) is 13.0 Å². The van der Waals surface area contributed by atoms with Gasteiger partial charge in [0.15, 0.2) is 0 Å². The van der Waals surface area contributed by atoms with E-state index in [4.69, 9.17) is 13.9 Å². The monoisotopic (exact) mass is 336 g/mol. The lowest BCUT2D eigenvalue weighted by atomic mass is 10.1. The molecule has 25 heavy (non-hydrogen) atoms. The molecule has 0 atom stereocenters. The van der Waals surface area contributed by atoms with Crippen molar-refractivity contribution in [2.45, 2.75) is 26.9 Å². The Morgan fingerprint density at radius 3 is 2.72 bits per heavy atom. The van der Waals surface area contributed by atoms with Crippen LogP contribution in [0.15, 0.2) is 65.3 Å². The minimum absolute atomic E-state index is 0.211. The largest absolute Gasteiger partial charge is 0.489 e. The molecule has 0 aliphatic carbocycles. The minimum Gasteiger partial charge on any atom is -0.489 e. The van der Waals surface area contributed by atoms with Gasteiger partial charge in [0.1, 0.15) is 12.4 Å². The maximum atomic E-state index is 11.5. The Morgan fingerprint density at radius 2 is 1.92 bits per heavy atom. The zero-order valence-corrected chi connectivity index (χ0v) is 14.3. The van der Waals surface area contributed by atoms with E-state index < -0.39 is 0 Å². The van der Waals surface area contributed by atoms with Gasteiger partial charge in [0, 0.05) is 6.42 Å². The first-order valence-corrected chi connectivity index (χ1v) is 8.23. The van der Waals surface area contributed by atoms with E-state index in [-0.39, 0.29) is 11.9 Å². The average molecular weight is 336 g/mol. The summed E-state index contributed by atoms with van der Waals surface area (Å²) in [5, 5.41) is 0. The van der Waals surface area contributed by atoms with Crippen molar-refractivity contribution in [3.05, 3.63) is 72.0 Å². The van der Waals surface area contributed by atoms with E-state index >= 15 is 0 Å². The van der Waals surface area contributed by atoms with Crippen LogP contribution in [0.2, 0.25) is 0 Å². The van der Waals surface area contributed by atoms with Crippen LogP contribution in [-0.4, -0.2) is 5.97 Å². The third-order valence-electron chi connectivity index (χ3n) is 3.93. The molecule has 0 radical (unpaired) electrons. The normalized spacial score (nSPS) is 10.5. The molecule has 128 valence electrons. The molecule has 0 saturated heterocycles. The summed E-state index contributed by atoms with van der Waals surface area (Å²) >= 11 is 0. The molecular formula is C21H20O4. The summed E-state index contributed by atoms with van der Waals surface area (Å²) in [7, 11) is 0. The third kappa shape index (κ3) is 4.10. The first kappa shape index (κ1) is 16.8. The van der Waals surface area contributed by atoms with Gasteiger partial charge >= 0.3 is 5.97 Å². The number of furan rings is 1. The van der Waals surface area contributed by atoms with E-state index in [0.29, 0.717) is 13.0 Å². The molecule has 3 aromatic rings. The number of benzene rings is 2. The van der Waals surface area contributed by atoms with Crippen molar-refractivity contribution in [2.75, 3.05) is 0 Å². The lowest BCUT2D eigenvalue weighted by Crippen LogP contribution is -2.05. The first-order valence-electron chi connectivity index (χ1n) is 8.23. The molecule has 0 aliphatic rings. The van der Waals surface area contributed by atoms with E-state index in [0.717, 1.165) is 22.4 Å². The molecule has 0 bridgehead atoms. The summed E-state index contributed by atoms with van der Waals surface area (Å²) in [5.41, 5.74) is 3.94. The molecule has 0 amide bonds. The van der Waals surface area contributed by atoms with E-state index in [1.807, 2.05) is 36.4 Å². The number of hydrogen-bond donors (Lipinski definition) is 0. The fraction of sp³-hybridized carbons (Fsp3) is 0.190. The van der Waals surface area contributed by atoms with Crippen molar-refractivity contribution in [1.29, 1.82) is 0 Å². The Hall–Kier alpha value is -3.01. The number of esters is 1. The van der Waals surface area contributed by atoms with Crippen molar-refractivity contribution in [3.63, 3.8) is 0 Å². The molecule has 3 rings (SSSR count). The summed E-state index contributed by atoms with van der Waals surface area (Å²) in [6, 6.07) is 17.5. The Morgan fingerprint density at radius 1 is 1.08 bits per heavy atom. The molecule has 1 aromatic heterocycles. The topological polar surface area (TPSA) is 48.7 Å². The van der Waals surface area contributed by atoms with Crippen LogP contribution in [0.1, 0.15) is 24.5 Å². The van der Waals surface area contributed by atoms with Crippen molar-refractivity contribution in [1.82, 2.24) is 0 Å². The second-order valence-corrected chi connectivity index (χ2v) is 5.69. The van der Waals surface area contributed by atoms with Crippen LogP contribution >= 0.6 is 0 Å². The van der Waals surface area contributed by atoms with Gasteiger partial charge < -0.3 is 13.9 Å². The molecule has 0 unspecified atom stereocenters. The highest BCUT2D eigenvalue weighted by molar-refractivity contribution is 5.76. The molecule has 1 heterocycles. The predicted octanol–water partition coefficient (Wildman–Crippen LogP) is 5.15. The number of hydrogen-bond acceptors (Lipinski definition) is 4. The van der Waals surface area contributed by atoms with Gasteiger partial charge in [0.2, 0.25) is 0 Å². The van der Waals surface area contributed by atoms with Crippen LogP contribution in [0.4, 0.5) is 0 Å². The standard InChI is InChI=1S/C21H20O4/c1-3-20(22)25-21-19(11-12-23-21)16-9-6-10-18(13-16)24-14-17-8-5-4-7-15(17)2/h4-13H,3,14H2,1-2H3. The summed E-state index contributed by atoms with van der Waals surface area (Å²) < 4.78 is 16.4. The smallest absolute Gasteiger partial charge is 0.313 e. The van der Waals surface area contributed by atoms with Gasteiger partial charge in [-0.2, -0.15) is 0 Å². The third-order valence-corrected chi connectivity index (χ3v) is 3.93. The molecule has 0 N–H and O–H groups in total. The van der Waals surface area contributed by atoms with Gasteiger partial charge in [0.25, 0.3) is 5.95 Å². The number of aryl methyl sites for hydroxylation is 1. The highest BCUT2D eigenvalue weighted by Crippen LogP contribution is 2.33. The van der Waals surface area contributed by atoms with Gasteiger partial charge in [0.05, 0.1) is 11.8 Å². The van der Waals surface area contributed by atoms with Crippen LogP contribution in [0.5, 0.6) is 11.7 Å². The fourth-order valence-electron chi connectivity index (χ4n) is 2.45. The Labute approximate surface area is 147 Å². The van der Waals surface area contributed by atoms with Crippen LogP contribution in [0.25, 0.3) is 11.1 Å². The Kier molecular flexibility index (Phi) is 5.19. The van der Waals surface area contributed by atoms with Gasteiger partial charge in [-0.3, -0.25) is 4.79 Å². The molecule has 0 fully saturated rings. The molecule has 2 aromatic carbocycles. The highest BCUT2D eigenvalue weighted by Gasteiger charge is 2.14. The van der Waals surface area contributed by atoms with Gasteiger partial charge in [-0.05, 0) is 41.8 Å². The van der Waals surface area contributed by atoms with E-state index in [2.05, 4.69) is 19.1 Å². The van der Waals surface area contributed by atoms with Gasteiger partial charge in [-0.1, -0.05) is 43.3 Å². The Balaban J connectivity index is 1.77. The average Bonchev–Trinajstić information content (AvgIpc) is 3.09. The van der Waals surface area contributed by atoms with E-state index in [1.165, 1.54) is 11.8 Å². The van der Waals surface area contributed by atoms with Gasteiger partial charge in [-0.25, -0.2) is 0 Å². The number of carbonyl (C=O) groups excluding carboxylic acids is 1. The summed E-state index contributed by atoms with van der Waals surface area (Å²) in [4.78, 5) is 11.5. The predicted molar refractivity (Wildman–Crippen MR) is 95.6 cm³/mol. The van der Waals surface area contributed by atoms with Crippen LogP contribution < -0.4 is 9.47 Å². The van der Waals surface area contributed by atoms with Crippen molar-refractivity contribution in [2.24, 2.45) is 0 Å². The second kappa shape index (κ2) is 7.71. The zero-order chi connectivity index (χ0) is 17.6. The van der Waals surface area contributed by atoms with Crippen molar-refractivity contribution < 1.29 is 18.7 Å². The molecule has 0 aliphatic heterocycles. The van der Waals surface area contributed by atoms with Gasteiger partial charge in [-0.15, -0.1) is 0 Å². The lowest BCUT2D eigenvalue weighted by Gasteiger charge is -2.10. The van der Waals surface area contributed by atoms with Crippen LogP contribution in [0, 0.1) is 6.92 Å². The molecule has 0 saturated carbocycles. The molecule has 4 heteroatoms. The minimum atomic E-state index is -0.330. The maximum absolute atomic E-state index is 11.5. The van der Waals surface area contributed by atoms with Crippen LogP contribution in [0.3, 0.4) is 0 Å². The van der Waals surface area contributed by atoms with Crippen molar-refractivity contribution >= 4 is 5.97 Å². The quantitative estimate of drug-likeness (QED) is 0.584. The highest BCUT2D eigenvalue weighted by atomic mass is 16.6. The molecule has 4 nitrogen and oxygen atoms in total. The maximum Gasteiger partial charge on any atom is 0.313 e. The second-order valence-electron chi connectivity index (χ2n) is 5.69.